The molecule has 11 heteroatoms. The van der Waals surface area contributed by atoms with Gasteiger partial charge >= 0.3 is 5.97 Å². The fourth-order valence-corrected chi connectivity index (χ4v) is 5.39. The number of benzene rings is 1. The maximum absolute atomic E-state index is 12.8. The van der Waals surface area contributed by atoms with Gasteiger partial charge in [-0.25, -0.2) is 13.2 Å². The molecule has 0 bridgehead atoms. The average molecular weight is 493 g/mol. The van der Waals surface area contributed by atoms with Crippen LogP contribution in [0.2, 0.25) is 0 Å². The van der Waals surface area contributed by atoms with Gasteiger partial charge in [-0.2, -0.15) is 0 Å². The summed E-state index contributed by atoms with van der Waals surface area (Å²) in [5.41, 5.74) is -0.856. The van der Waals surface area contributed by atoms with Crippen LogP contribution in [0.4, 0.5) is 5.69 Å². The number of nitrogens with zero attached hydrogens (tertiary/aromatic N) is 1. The van der Waals surface area contributed by atoms with E-state index in [1.54, 1.807) is 6.07 Å². The largest absolute Gasteiger partial charge is 0.454 e. The number of nitrogens with one attached hydrogen (secondary N) is 3. The van der Waals surface area contributed by atoms with E-state index in [-0.39, 0.29) is 16.5 Å². The van der Waals surface area contributed by atoms with E-state index >= 15 is 0 Å². The molecule has 0 radical (unpaired) electrons. The molecule has 10 nitrogen and oxygen atoms in total. The molecule has 3 rings (SSSR count). The Kier molecular flexibility index (Phi) is 8.65. The van der Waals surface area contributed by atoms with Crippen LogP contribution in [0.5, 0.6) is 0 Å². The number of carbonyl (C=O) groups is 3. The Hall–Kier alpha value is -2.95. The van der Waals surface area contributed by atoms with Crippen LogP contribution >= 0.6 is 0 Å². The first-order valence-electron chi connectivity index (χ1n) is 11.6. The van der Waals surface area contributed by atoms with E-state index in [0.29, 0.717) is 31.6 Å². The third kappa shape index (κ3) is 7.02. The number of hydrogen-bond acceptors (Lipinski definition) is 7. The Morgan fingerprint density at radius 2 is 1.79 bits per heavy atom. The standard InChI is InChI=1S/C23H32N4O6S/c1-17(28)26-23(12-5-3-6-13-23)22(30)33-16-21(29)25-18-9-8-10-19(15-18)34(31,32)27-20-11-4-2-7-14-24-20/h8-10,15H,2-7,11-14,16H2,1H3,(H,24,27)(H,25,29)(H,26,28). The lowest BCUT2D eigenvalue weighted by Crippen LogP contribution is -2.56. The molecule has 1 aromatic rings. The first-order valence-corrected chi connectivity index (χ1v) is 13.1. The summed E-state index contributed by atoms with van der Waals surface area (Å²) in [5.74, 6) is -1.14. The zero-order valence-corrected chi connectivity index (χ0v) is 20.2. The van der Waals surface area contributed by atoms with E-state index in [4.69, 9.17) is 4.74 Å². The molecular formula is C23H32N4O6S. The minimum Gasteiger partial charge on any atom is -0.454 e. The highest BCUT2D eigenvalue weighted by Gasteiger charge is 2.42. The third-order valence-corrected chi connectivity index (χ3v) is 7.28. The van der Waals surface area contributed by atoms with Crippen LogP contribution in [0.15, 0.2) is 34.2 Å². The van der Waals surface area contributed by atoms with Crippen LogP contribution in [0, 0.1) is 0 Å². The van der Waals surface area contributed by atoms with Crippen LogP contribution < -0.4 is 15.4 Å². The van der Waals surface area contributed by atoms with Crippen molar-refractivity contribution >= 4 is 39.3 Å². The molecule has 1 fully saturated rings. The number of anilines is 1. The number of ether oxygens (including phenoxy) is 1. The monoisotopic (exact) mass is 492 g/mol. The summed E-state index contributed by atoms with van der Waals surface area (Å²) in [5, 5.41) is 5.26. The molecule has 2 amide bonds. The number of amides is 2. The molecule has 34 heavy (non-hydrogen) atoms. The van der Waals surface area contributed by atoms with Gasteiger partial charge in [-0.1, -0.05) is 31.7 Å². The summed E-state index contributed by atoms with van der Waals surface area (Å²) in [6.07, 6.45) is 6.84. The maximum Gasteiger partial charge on any atom is 0.332 e. The van der Waals surface area contributed by atoms with Crippen molar-refractivity contribution in [2.75, 3.05) is 18.5 Å². The SMILES string of the molecule is CC(=O)NC1(C(=O)OCC(=O)Nc2cccc(S(=O)(=O)NC3=NCCCCC3)c2)CCCCC1. The number of amidine groups is 1. The highest BCUT2D eigenvalue weighted by atomic mass is 32.2. The van der Waals surface area contributed by atoms with Crippen molar-refractivity contribution < 1.29 is 27.5 Å². The number of aliphatic imine (C=N–C) groups is 1. The number of esters is 1. The average Bonchev–Trinajstić information content (AvgIpc) is 3.06. The highest BCUT2D eigenvalue weighted by Crippen LogP contribution is 2.29. The van der Waals surface area contributed by atoms with Crippen LogP contribution in [-0.2, 0) is 29.1 Å². The fourth-order valence-electron chi connectivity index (χ4n) is 4.25. The molecule has 1 aromatic carbocycles. The maximum atomic E-state index is 12.8. The number of hydrogen-bond donors (Lipinski definition) is 3. The first-order chi connectivity index (χ1) is 16.2. The van der Waals surface area contributed by atoms with Gasteiger partial charge in [0.25, 0.3) is 15.9 Å². The summed E-state index contributed by atoms with van der Waals surface area (Å²) >= 11 is 0. The van der Waals surface area contributed by atoms with Crippen molar-refractivity contribution in [1.29, 1.82) is 0 Å². The van der Waals surface area contributed by atoms with Gasteiger partial charge in [-0.3, -0.25) is 19.3 Å². The fraction of sp³-hybridized carbons (Fsp3) is 0.565. The first kappa shape index (κ1) is 25.7. The third-order valence-electron chi connectivity index (χ3n) is 5.90. The smallest absolute Gasteiger partial charge is 0.332 e. The van der Waals surface area contributed by atoms with Crippen LogP contribution in [0.1, 0.15) is 64.7 Å². The Morgan fingerprint density at radius 1 is 1.06 bits per heavy atom. The summed E-state index contributed by atoms with van der Waals surface area (Å²) < 4.78 is 33.3. The molecule has 1 aliphatic heterocycles. The lowest BCUT2D eigenvalue weighted by Gasteiger charge is -2.35. The minimum absolute atomic E-state index is 0.0129. The van der Waals surface area contributed by atoms with E-state index in [1.807, 2.05) is 0 Å². The van der Waals surface area contributed by atoms with Gasteiger partial charge in [0, 0.05) is 25.6 Å². The van der Waals surface area contributed by atoms with E-state index in [0.717, 1.165) is 38.5 Å². The van der Waals surface area contributed by atoms with Crippen molar-refractivity contribution in [3.05, 3.63) is 24.3 Å². The van der Waals surface area contributed by atoms with E-state index in [2.05, 4.69) is 20.3 Å². The van der Waals surface area contributed by atoms with Crippen LogP contribution in [0.25, 0.3) is 0 Å². The van der Waals surface area contributed by atoms with E-state index in [9.17, 15) is 22.8 Å². The molecular weight excluding hydrogens is 460 g/mol. The molecule has 186 valence electrons. The zero-order chi connectivity index (χ0) is 24.6. The van der Waals surface area contributed by atoms with Crippen molar-refractivity contribution in [2.45, 2.75) is 75.1 Å². The molecule has 1 heterocycles. The Bertz CT molecular complexity index is 1050. The molecule has 0 atom stereocenters. The number of carbonyl (C=O) groups excluding carboxylic acids is 3. The summed E-state index contributed by atoms with van der Waals surface area (Å²) in [4.78, 5) is 41.0. The van der Waals surface area contributed by atoms with Crippen LogP contribution in [-0.4, -0.2) is 50.7 Å². The summed E-state index contributed by atoms with van der Waals surface area (Å²) in [7, 11) is -3.85. The van der Waals surface area contributed by atoms with Gasteiger partial charge in [0.1, 0.15) is 11.4 Å². The molecule has 1 aliphatic carbocycles. The lowest BCUT2D eigenvalue weighted by atomic mass is 9.81. The number of rotatable bonds is 7. The van der Waals surface area contributed by atoms with Crippen molar-refractivity contribution in [3.63, 3.8) is 0 Å². The zero-order valence-electron chi connectivity index (χ0n) is 19.4. The summed E-state index contributed by atoms with van der Waals surface area (Å²) in [6.45, 7) is 1.39. The quantitative estimate of drug-likeness (QED) is 0.498. The van der Waals surface area contributed by atoms with Gasteiger partial charge in [-0.15, -0.1) is 0 Å². The predicted molar refractivity (Wildman–Crippen MR) is 127 cm³/mol. The second-order valence-electron chi connectivity index (χ2n) is 8.72. The van der Waals surface area contributed by atoms with Gasteiger partial charge < -0.3 is 15.4 Å². The van der Waals surface area contributed by atoms with Gasteiger partial charge in [0.15, 0.2) is 6.61 Å². The van der Waals surface area contributed by atoms with E-state index < -0.39 is 34.0 Å². The molecule has 0 unspecified atom stereocenters. The van der Waals surface area contributed by atoms with Crippen molar-refractivity contribution in [1.82, 2.24) is 10.0 Å². The molecule has 0 spiro atoms. The van der Waals surface area contributed by atoms with Crippen LogP contribution in [0.3, 0.4) is 0 Å². The molecule has 2 aliphatic rings. The normalized spacial score (nSPS) is 18.1. The molecule has 0 saturated heterocycles. The Morgan fingerprint density at radius 3 is 2.53 bits per heavy atom. The lowest BCUT2D eigenvalue weighted by molar-refractivity contribution is -0.157. The van der Waals surface area contributed by atoms with Crippen molar-refractivity contribution in [3.8, 4) is 0 Å². The Balaban J connectivity index is 1.60. The second kappa shape index (κ2) is 11.5. The summed E-state index contributed by atoms with van der Waals surface area (Å²) in [6, 6.07) is 5.81. The van der Waals surface area contributed by atoms with Gasteiger partial charge in [0.2, 0.25) is 5.91 Å². The van der Waals surface area contributed by atoms with Crippen molar-refractivity contribution in [2.24, 2.45) is 4.99 Å². The highest BCUT2D eigenvalue weighted by molar-refractivity contribution is 7.90. The predicted octanol–water partition coefficient (Wildman–Crippen LogP) is 2.26. The molecule has 1 saturated carbocycles. The minimum atomic E-state index is -3.85. The second-order valence-corrected chi connectivity index (χ2v) is 10.4. The van der Waals surface area contributed by atoms with E-state index in [1.165, 1.54) is 25.1 Å². The molecule has 0 aromatic heterocycles. The Labute approximate surface area is 200 Å². The number of sulfonamides is 1. The topological polar surface area (TPSA) is 143 Å². The van der Waals surface area contributed by atoms with Gasteiger partial charge in [0.05, 0.1) is 4.90 Å². The molecule has 3 N–H and O–H groups in total. The van der Waals surface area contributed by atoms with Gasteiger partial charge in [-0.05, 0) is 43.9 Å².